The molecule has 0 aromatic heterocycles. The van der Waals surface area contributed by atoms with Crippen LogP contribution in [0.1, 0.15) is 20.8 Å². The van der Waals surface area contributed by atoms with Crippen molar-refractivity contribution in [3.05, 3.63) is 0 Å². The van der Waals surface area contributed by atoms with Crippen molar-refractivity contribution >= 4 is 6.72 Å². The van der Waals surface area contributed by atoms with Gasteiger partial charge >= 0.3 is 0 Å². The zero-order valence-corrected chi connectivity index (χ0v) is 5.36. The van der Waals surface area contributed by atoms with Crippen LogP contribution in [0.4, 0.5) is 0 Å². The van der Waals surface area contributed by atoms with Gasteiger partial charge in [-0.15, -0.1) is 0 Å². The predicted octanol–water partition coefficient (Wildman–Crippen LogP) is 1.29. The van der Waals surface area contributed by atoms with Gasteiger partial charge in [0.2, 0.25) is 0 Å². The van der Waals surface area contributed by atoms with Gasteiger partial charge < -0.3 is 10.5 Å². The summed E-state index contributed by atoms with van der Waals surface area (Å²) in [4.78, 5) is 0. The summed E-state index contributed by atoms with van der Waals surface area (Å²) >= 11 is 0. The van der Waals surface area contributed by atoms with Gasteiger partial charge in [0.05, 0.1) is 0 Å². The first-order valence-corrected chi connectivity index (χ1v) is 2.38. The molecule has 0 fully saturated rings. The molecule has 0 spiro atoms. The maximum absolute atomic E-state index is 7.57. The molecule has 0 amide bonds. The van der Waals surface area contributed by atoms with Crippen LogP contribution in [0.15, 0.2) is 0 Å². The minimum atomic E-state index is 0.250. The molecule has 0 unspecified atom stereocenters. The van der Waals surface area contributed by atoms with Gasteiger partial charge in [-0.05, 0) is 13.6 Å². The smallest absolute Gasteiger partial charge is 0.0402 e. The molecule has 0 aliphatic heterocycles. The van der Waals surface area contributed by atoms with Crippen molar-refractivity contribution in [3.63, 3.8) is 0 Å². The van der Waals surface area contributed by atoms with Gasteiger partial charge in [-0.25, -0.2) is 0 Å². The first kappa shape index (κ1) is 15.9. The Bertz CT molecular complexity index is 12.0. The summed E-state index contributed by atoms with van der Waals surface area (Å²) in [7, 11) is 0. The van der Waals surface area contributed by atoms with Crippen molar-refractivity contribution in [2.24, 2.45) is 0 Å². The lowest BCUT2D eigenvalue weighted by molar-refractivity contribution is 0.318. The van der Waals surface area contributed by atoms with E-state index in [2.05, 4.69) is 6.72 Å². The highest BCUT2D eigenvalue weighted by Crippen LogP contribution is 1.30. The van der Waals surface area contributed by atoms with Crippen LogP contribution in [-0.4, -0.2) is 18.4 Å². The van der Waals surface area contributed by atoms with Crippen LogP contribution in [0.2, 0.25) is 0 Å². The van der Waals surface area contributed by atoms with Crippen LogP contribution in [0.25, 0.3) is 0 Å². The molecule has 0 saturated carbocycles. The fraction of sp³-hybridized carbons (Fsp3) is 0.800. The first-order valence-electron chi connectivity index (χ1n) is 2.38. The van der Waals surface area contributed by atoms with Crippen molar-refractivity contribution in [2.45, 2.75) is 20.8 Å². The summed E-state index contributed by atoms with van der Waals surface area (Å²) in [6.07, 6.45) is 0. The van der Waals surface area contributed by atoms with Crippen LogP contribution in [-0.2, 0) is 0 Å². The topological polar surface area (TPSA) is 44.1 Å². The van der Waals surface area contributed by atoms with Gasteiger partial charge in [0, 0.05) is 6.61 Å². The molecule has 7 heavy (non-hydrogen) atoms. The van der Waals surface area contributed by atoms with Crippen molar-refractivity contribution < 1.29 is 5.11 Å². The summed E-state index contributed by atoms with van der Waals surface area (Å²) < 4.78 is 0. The van der Waals surface area contributed by atoms with Gasteiger partial charge in [-0.2, -0.15) is 0 Å². The molecular weight excluding hydrogens is 90.1 g/mol. The lowest BCUT2D eigenvalue weighted by Gasteiger charge is -1.52. The highest BCUT2D eigenvalue weighted by atomic mass is 16.2. The van der Waals surface area contributed by atoms with Gasteiger partial charge in [-0.1, -0.05) is 13.8 Å². The molecule has 46 valence electrons. The SMILES string of the molecule is C=N.CC.CCO. The molecule has 0 heterocycles. The van der Waals surface area contributed by atoms with E-state index in [1.807, 2.05) is 13.8 Å². The number of hydrogen-bond donors (Lipinski definition) is 2. The van der Waals surface area contributed by atoms with Crippen LogP contribution in [0, 0.1) is 5.41 Å². The fourth-order valence-electron chi connectivity index (χ4n) is 0. The van der Waals surface area contributed by atoms with E-state index in [1.165, 1.54) is 0 Å². The summed E-state index contributed by atoms with van der Waals surface area (Å²) in [5.74, 6) is 0. The molecule has 0 bridgehead atoms. The molecule has 0 aliphatic rings. The normalized spacial score (nSPS) is 4.00. The summed E-state index contributed by atoms with van der Waals surface area (Å²) in [5, 5.41) is 13.1. The molecular formula is C5H15NO. The highest BCUT2D eigenvalue weighted by molar-refractivity contribution is 5.15. The van der Waals surface area contributed by atoms with E-state index < -0.39 is 0 Å². The minimum Gasteiger partial charge on any atom is -0.397 e. The van der Waals surface area contributed by atoms with Gasteiger partial charge in [-0.3, -0.25) is 0 Å². The highest BCUT2D eigenvalue weighted by Gasteiger charge is 1.34. The monoisotopic (exact) mass is 105 g/mol. The second-order valence-corrected chi connectivity index (χ2v) is 0.316. The standard InChI is InChI=1S/C2H6O.C2H6.CH3N/c1-2-3;2*1-2/h3H,2H2,1H3;1-2H3;2H,1H2. The third-order valence-corrected chi connectivity index (χ3v) is 0. The van der Waals surface area contributed by atoms with E-state index in [0.29, 0.717) is 0 Å². The molecule has 0 saturated heterocycles. The molecule has 0 aliphatic carbocycles. The van der Waals surface area contributed by atoms with Crippen molar-refractivity contribution in [2.75, 3.05) is 6.61 Å². The quantitative estimate of drug-likeness (QED) is 0.448. The van der Waals surface area contributed by atoms with E-state index >= 15 is 0 Å². The summed E-state index contributed by atoms with van der Waals surface area (Å²) in [6, 6.07) is 0. The van der Waals surface area contributed by atoms with E-state index in [9.17, 15) is 0 Å². The van der Waals surface area contributed by atoms with E-state index in [4.69, 9.17) is 10.5 Å². The number of hydrogen-bond acceptors (Lipinski definition) is 2. The number of aliphatic hydroxyl groups is 1. The van der Waals surface area contributed by atoms with Gasteiger partial charge in [0.15, 0.2) is 0 Å². The van der Waals surface area contributed by atoms with E-state index in [-0.39, 0.29) is 6.61 Å². The number of aliphatic hydroxyl groups excluding tert-OH is 1. The van der Waals surface area contributed by atoms with Crippen molar-refractivity contribution in [1.29, 1.82) is 5.41 Å². The Kier molecular flexibility index (Phi) is 693. The number of nitrogens with one attached hydrogen (secondary N) is 1. The molecule has 0 radical (unpaired) electrons. The first-order chi connectivity index (χ1) is 3.41. The Labute approximate surface area is 45.7 Å². The average Bonchev–Trinajstić information content (AvgIpc) is 1.78. The van der Waals surface area contributed by atoms with Crippen molar-refractivity contribution in [3.8, 4) is 0 Å². The Balaban J connectivity index is -0.0000000360. The van der Waals surface area contributed by atoms with E-state index in [1.54, 1.807) is 6.92 Å². The zero-order valence-electron chi connectivity index (χ0n) is 5.36. The van der Waals surface area contributed by atoms with Crippen LogP contribution >= 0.6 is 0 Å². The maximum Gasteiger partial charge on any atom is 0.0402 e. The molecule has 0 aromatic carbocycles. The zero-order chi connectivity index (χ0) is 6.71. The largest absolute Gasteiger partial charge is 0.397 e. The summed E-state index contributed by atoms with van der Waals surface area (Å²) in [6.45, 7) is 8.43. The Hall–Kier alpha value is -0.370. The predicted molar refractivity (Wildman–Crippen MR) is 33.9 cm³/mol. The third-order valence-electron chi connectivity index (χ3n) is 0. The second-order valence-electron chi connectivity index (χ2n) is 0.316. The van der Waals surface area contributed by atoms with Gasteiger partial charge in [0.25, 0.3) is 0 Å². The third kappa shape index (κ3) is 542. The average molecular weight is 105 g/mol. The van der Waals surface area contributed by atoms with Crippen LogP contribution in [0.3, 0.4) is 0 Å². The van der Waals surface area contributed by atoms with Crippen LogP contribution in [0.5, 0.6) is 0 Å². The molecule has 0 rings (SSSR count). The van der Waals surface area contributed by atoms with E-state index in [0.717, 1.165) is 0 Å². The maximum atomic E-state index is 7.57. The van der Waals surface area contributed by atoms with Crippen molar-refractivity contribution in [1.82, 2.24) is 0 Å². The summed E-state index contributed by atoms with van der Waals surface area (Å²) in [5.41, 5.74) is 0. The van der Waals surface area contributed by atoms with Gasteiger partial charge in [0.1, 0.15) is 0 Å². The molecule has 2 heteroatoms. The second kappa shape index (κ2) is 304. The molecule has 2 nitrogen and oxygen atoms in total. The molecule has 0 atom stereocenters. The lowest BCUT2D eigenvalue weighted by Crippen LogP contribution is -1.57. The van der Waals surface area contributed by atoms with Crippen LogP contribution < -0.4 is 0 Å². The molecule has 2 N–H and O–H groups in total. The molecule has 0 aromatic rings. The number of rotatable bonds is 0. The Morgan fingerprint density at radius 3 is 1.43 bits per heavy atom. The minimum absolute atomic E-state index is 0.250. The Morgan fingerprint density at radius 2 is 1.43 bits per heavy atom. The Morgan fingerprint density at radius 1 is 1.43 bits per heavy atom. The fourth-order valence-corrected chi connectivity index (χ4v) is 0. The lowest BCUT2D eigenvalue weighted by atomic mass is 10.9.